The van der Waals surface area contributed by atoms with Crippen LogP contribution in [-0.4, -0.2) is 31.6 Å². The van der Waals surface area contributed by atoms with Gasteiger partial charge in [-0.05, 0) is 53.8 Å². The van der Waals surface area contributed by atoms with Gasteiger partial charge in [-0.1, -0.05) is 31.2 Å². The Morgan fingerprint density at radius 3 is 2.47 bits per heavy atom. The summed E-state index contributed by atoms with van der Waals surface area (Å²) in [6.07, 6.45) is 3.04. The Morgan fingerprint density at radius 1 is 1.00 bits per heavy atom. The number of rotatable bonds is 5. The molecule has 0 spiro atoms. The van der Waals surface area contributed by atoms with Crippen molar-refractivity contribution < 1.29 is 13.2 Å². The molecular weight excluding hydrogens is 398 g/mol. The normalized spacial score (nSPS) is 13.6. The summed E-state index contributed by atoms with van der Waals surface area (Å²) in [5.41, 5.74) is 11.2. The number of carbonyl (C=O) groups is 1. The molecule has 1 aromatic heterocycles. The minimum atomic E-state index is -3.25. The van der Waals surface area contributed by atoms with Crippen molar-refractivity contribution in [3.8, 4) is 22.3 Å². The summed E-state index contributed by atoms with van der Waals surface area (Å²) in [5.74, 6) is 0.484. The number of hydrogen-bond acceptors (Lipinski definition) is 5. The number of amides is 1. The van der Waals surface area contributed by atoms with Crippen LogP contribution in [0.3, 0.4) is 0 Å². The number of nitrogens with two attached hydrogens (primary N) is 1. The lowest BCUT2D eigenvalue weighted by Gasteiger charge is -2.18. The van der Waals surface area contributed by atoms with Crippen molar-refractivity contribution in [2.75, 3.05) is 18.0 Å². The number of benzene rings is 2. The van der Waals surface area contributed by atoms with Gasteiger partial charge in [0.05, 0.1) is 10.6 Å². The number of hydrogen-bond donors (Lipinski definition) is 2. The van der Waals surface area contributed by atoms with Gasteiger partial charge in [0.1, 0.15) is 5.82 Å². The van der Waals surface area contributed by atoms with Gasteiger partial charge in [-0.3, -0.25) is 4.79 Å². The van der Waals surface area contributed by atoms with Gasteiger partial charge >= 0.3 is 0 Å². The summed E-state index contributed by atoms with van der Waals surface area (Å²) in [7, 11) is -3.25. The zero-order chi connectivity index (χ0) is 21.3. The molecular formula is C23H23N3O3S. The number of sulfone groups is 1. The maximum Gasteiger partial charge on any atom is 0.251 e. The van der Waals surface area contributed by atoms with Gasteiger partial charge in [-0.15, -0.1) is 0 Å². The molecule has 1 aliphatic heterocycles. The molecule has 1 aliphatic rings. The average molecular weight is 422 g/mol. The molecule has 2 heterocycles. The van der Waals surface area contributed by atoms with Crippen LogP contribution in [-0.2, 0) is 16.3 Å². The van der Waals surface area contributed by atoms with Crippen molar-refractivity contribution in [2.24, 2.45) is 0 Å². The molecule has 2 aromatic carbocycles. The predicted molar refractivity (Wildman–Crippen MR) is 118 cm³/mol. The molecule has 6 nitrogen and oxygen atoms in total. The second-order valence-corrected chi connectivity index (χ2v) is 9.49. The second-order valence-electron chi connectivity index (χ2n) is 7.38. The molecule has 1 amide bonds. The molecule has 4 rings (SSSR count). The van der Waals surface area contributed by atoms with Crippen LogP contribution in [0.15, 0.2) is 59.6 Å². The smallest absolute Gasteiger partial charge is 0.251 e. The number of pyridine rings is 1. The van der Waals surface area contributed by atoms with E-state index < -0.39 is 9.84 Å². The summed E-state index contributed by atoms with van der Waals surface area (Å²) >= 11 is 0. The SMILES string of the molecule is CCCS(=O)(=O)c1ccc(-c2cnc(N)c(-c3ccc4c(c3)CCNC4=O)c2)cc1. The molecule has 0 atom stereocenters. The van der Waals surface area contributed by atoms with E-state index >= 15 is 0 Å². The number of carbonyl (C=O) groups excluding carboxylic acids is 1. The fourth-order valence-electron chi connectivity index (χ4n) is 3.70. The topological polar surface area (TPSA) is 102 Å². The Morgan fingerprint density at radius 2 is 1.73 bits per heavy atom. The van der Waals surface area contributed by atoms with Crippen molar-refractivity contribution in [3.63, 3.8) is 0 Å². The summed E-state index contributed by atoms with van der Waals surface area (Å²) in [5, 5.41) is 2.84. The number of aromatic nitrogens is 1. The van der Waals surface area contributed by atoms with Crippen molar-refractivity contribution in [3.05, 3.63) is 65.9 Å². The number of nitrogens with zero attached hydrogens (tertiary/aromatic N) is 1. The molecule has 7 heteroatoms. The first-order valence-corrected chi connectivity index (χ1v) is 11.5. The summed E-state index contributed by atoms with van der Waals surface area (Å²) < 4.78 is 24.5. The Bertz CT molecular complexity index is 1220. The van der Waals surface area contributed by atoms with E-state index in [4.69, 9.17) is 5.73 Å². The summed E-state index contributed by atoms with van der Waals surface area (Å²) in [6, 6.07) is 14.5. The van der Waals surface area contributed by atoms with Gasteiger partial charge in [-0.2, -0.15) is 0 Å². The lowest BCUT2D eigenvalue weighted by Crippen LogP contribution is -2.31. The van der Waals surface area contributed by atoms with Crippen LogP contribution in [0.2, 0.25) is 0 Å². The third-order valence-corrected chi connectivity index (χ3v) is 7.22. The third-order valence-electron chi connectivity index (χ3n) is 5.28. The van der Waals surface area contributed by atoms with E-state index in [1.807, 2.05) is 31.2 Å². The third kappa shape index (κ3) is 3.80. The Hall–Kier alpha value is -3.19. The van der Waals surface area contributed by atoms with E-state index in [1.165, 1.54) is 0 Å². The van der Waals surface area contributed by atoms with E-state index in [0.29, 0.717) is 29.2 Å². The van der Waals surface area contributed by atoms with E-state index in [9.17, 15) is 13.2 Å². The minimum Gasteiger partial charge on any atom is -0.383 e. The summed E-state index contributed by atoms with van der Waals surface area (Å²) in [4.78, 5) is 16.7. The highest BCUT2D eigenvalue weighted by atomic mass is 32.2. The summed E-state index contributed by atoms with van der Waals surface area (Å²) in [6.45, 7) is 2.47. The van der Waals surface area contributed by atoms with Crippen LogP contribution < -0.4 is 11.1 Å². The Kier molecular flexibility index (Phi) is 5.30. The molecule has 0 radical (unpaired) electrons. The quantitative estimate of drug-likeness (QED) is 0.657. The van der Waals surface area contributed by atoms with Gasteiger partial charge in [-0.25, -0.2) is 13.4 Å². The highest BCUT2D eigenvalue weighted by molar-refractivity contribution is 7.91. The zero-order valence-corrected chi connectivity index (χ0v) is 17.5. The van der Waals surface area contributed by atoms with Crippen molar-refractivity contribution in [1.82, 2.24) is 10.3 Å². The monoisotopic (exact) mass is 421 g/mol. The zero-order valence-electron chi connectivity index (χ0n) is 16.7. The maximum atomic E-state index is 12.2. The van der Waals surface area contributed by atoms with Crippen LogP contribution >= 0.6 is 0 Å². The number of nitrogen functional groups attached to an aromatic ring is 1. The number of nitrogens with one attached hydrogen (secondary N) is 1. The van der Waals surface area contributed by atoms with E-state index in [-0.39, 0.29) is 11.7 Å². The van der Waals surface area contributed by atoms with Gasteiger partial charge in [0.15, 0.2) is 9.84 Å². The standard InChI is InChI=1S/C23H23N3O3S/c1-2-11-30(28,29)19-6-3-15(4-7-19)18-13-21(22(24)26-14-18)16-5-8-20-17(12-16)9-10-25-23(20)27/h3-8,12-14H,2,9-11H2,1H3,(H2,24,26)(H,25,27). The van der Waals surface area contributed by atoms with E-state index in [1.54, 1.807) is 30.5 Å². The molecule has 30 heavy (non-hydrogen) atoms. The van der Waals surface area contributed by atoms with Gasteiger partial charge in [0.2, 0.25) is 0 Å². The van der Waals surface area contributed by atoms with Crippen LogP contribution in [0, 0.1) is 0 Å². The molecule has 0 saturated carbocycles. The second kappa shape index (κ2) is 7.91. The molecule has 0 unspecified atom stereocenters. The average Bonchev–Trinajstić information content (AvgIpc) is 2.74. The lowest BCUT2D eigenvalue weighted by atomic mass is 9.94. The largest absolute Gasteiger partial charge is 0.383 e. The van der Waals surface area contributed by atoms with Gasteiger partial charge in [0.25, 0.3) is 5.91 Å². The first-order valence-electron chi connectivity index (χ1n) is 9.89. The van der Waals surface area contributed by atoms with E-state index in [0.717, 1.165) is 34.2 Å². The lowest BCUT2D eigenvalue weighted by molar-refractivity contribution is 0.0946. The highest BCUT2D eigenvalue weighted by Crippen LogP contribution is 2.32. The van der Waals surface area contributed by atoms with E-state index in [2.05, 4.69) is 10.3 Å². The van der Waals surface area contributed by atoms with Crippen molar-refractivity contribution in [2.45, 2.75) is 24.7 Å². The molecule has 3 aromatic rings. The fraction of sp³-hybridized carbons (Fsp3) is 0.217. The van der Waals surface area contributed by atoms with Crippen LogP contribution in [0.1, 0.15) is 29.3 Å². The van der Waals surface area contributed by atoms with Crippen molar-refractivity contribution >= 4 is 21.6 Å². The highest BCUT2D eigenvalue weighted by Gasteiger charge is 2.18. The van der Waals surface area contributed by atoms with Crippen molar-refractivity contribution in [1.29, 1.82) is 0 Å². The van der Waals surface area contributed by atoms with Gasteiger partial charge < -0.3 is 11.1 Å². The first kappa shape index (κ1) is 20.1. The molecule has 154 valence electrons. The van der Waals surface area contributed by atoms with Crippen LogP contribution in [0.25, 0.3) is 22.3 Å². The molecule has 0 aliphatic carbocycles. The molecule has 0 bridgehead atoms. The first-order chi connectivity index (χ1) is 14.4. The van der Waals surface area contributed by atoms with Gasteiger partial charge in [0, 0.05) is 29.4 Å². The van der Waals surface area contributed by atoms with Crippen LogP contribution in [0.4, 0.5) is 5.82 Å². The fourth-order valence-corrected chi connectivity index (χ4v) is 5.03. The minimum absolute atomic E-state index is 0.0548. The van der Waals surface area contributed by atoms with Crippen LogP contribution in [0.5, 0.6) is 0 Å². The Balaban J connectivity index is 1.70. The molecule has 0 fully saturated rings. The maximum absolute atomic E-state index is 12.2. The Labute approximate surface area is 176 Å². The molecule has 0 saturated heterocycles. The predicted octanol–water partition coefficient (Wildman–Crippen LogP) is 3.47. The molecule has 3 N–H and O–H groups in total. The number of anilines is 1. The number of fused-ring (bicyclic) bond motifs is 1.